The summed E-state index contributed by atoms with van der Waals surface area (Å²) in [5, 5.41) is 0. The Morgan fingerprint density at radius 1 is 1.11 bits per heavy atom. The second kappa shape index (κ2) is 5.45. The lowest BCUT2D eigenvalue weighted by Gasteiger charge is -2.40. The van der Waals surface area contributed by atoms with Gasteiger partial charge in [-0.05, 0) is 48.8 Å². The maximum absolute atomic E-state index is 5.71. The van der Waals surface area contributed by atoms with Gasteiger partial charge in [-0.3, -0.25) is 0 Å². The second-order valence-electron chi connectivity index (χ2n) is 6.17. The van der Waals surface area contributed by atoms with Crippen LogP contribution in [0.15, 0.2) is 22.7 Å². The zero-order valence-electron chi connectivity index (χ0n) is 11.5. The van der Waals surface area contributed by atoms with Gasteiger partial charge in [0, 0.05) is 29.8 Å². The minimum atomic E-state index is 0.601. The average molecular weight is 323 g/mol. The van der Waals surface area contributed by atoms with Crippen molar-refractivity contribution in [3.8, 4) is 0 Å². The molecule has 1 aliphatic heterocycles. The van der Waals surface area contributed by atoms with Gasteiger partial charge in [0.25, 0.3) is 0 Å². The number of piperidine rings is 1. The van der Waals surface area contributed by atoms with E-state index < -0.39 is 0 Å². The Bertz CT molecular complexity index is 442. The molecule has 1 spiro atoms. The first kappa shape index (κ1) is 13.4. The molecule has 1 heterocycles. The largest absolute Gasteiger partial charge is 0.371 e. The van der Waals surface area contributed by atoms with E-state index in [9.17, 15) is 0 Å². The predicted molar refractivity (Wildman–Crippen MR) is 84.4 cm³/mol. The lowest BCUT2D eigenvalue weighted by Crippen LogP contribution is -2.38. The average Bonchev–Trinajstić information content (AvgIpc) is 2.88. The molecule has 0 atom stereocenters. The van der Waals surface area contributed by atoms with Gasteiger partial charge in [-0.1, -0.05) is 34.8 Å². The molecule has 1 aromatic rings. The highest BCUT2D eigenvalue weighted by molar-refractivity contribution is 9.10. The highest BCUT2D eigenvalue weighted by Crippen LogP contribution is 2.46. The normalized spacial score (nSPS) is 22.1. The van der Waals surface area contributed by atoms with Crippen molar-refractivity contribution in [2.24, 2.45) is 11.1 Å². The molecule has 0 aromatic heterocycles. The fourth-order valence-corrected chi connectivity index (χ4v) is 4.29. The molecule has 2 fully saturated rings. The van der Waals surface area contributed by atoms with Gasteiger partial charge < -0.3 is 10.6 Å². The van der Waals surface area contributed by atoms with E-state index in [-0.39, 0.29) is 0 Å². The first-order chi connectivity index (χ1) is 9.22. The Morgan fingerprint density at radius 2 is 1.79 bits per heavy atom. The van der Waals surface area contributed by atoms with Crippen molar-refractivity contribution in [2.75, 3.05) is 18.0 Å². The Balaban J connectivity index is 1.69. The van der Waals surface area contributed by atoms with Gasteiger partial charge in [0.15, 0.2) is 0 Å². The van der Waals surface area contributed by atoms with Crippen molar-refractivity contribution >= 4 is 21.6 Å². The summed E-state index contributed by atoms with van der Waals surface area (Å²) in [5.74, 6) is 0. The van der Waals surface area contributed by atoms with E-state index in [0.29, 0.717) is 12.0 Å². The first-order valence-corrected chi connectivity index (χ1v) is 8.25. The van der Waals surface area contributed by atoms with Gasteiger partial charge in [-0.15, -0.1) is 0 Å². The molecule has 2 N–H and O–H groups in total. The van der Waals surface area contributed by atoms with Crippen LogP contribution >= 0.6 is 15.9 Å². The van der Waals surface area contributed by atoms with Gasteiger partial charge in [-0.25, -0.2) is 0 Å². The van der Waals surface area contributed by atoms with Gasteiger partial charge in [0.2, 0.25) is 0 Å². The molecule has 19 heavy (non-hydrogen) atoms. The molecule has 1 saturated heterocycles. The molecule has 0 bridgehead atoms. The Hall–Kier alpha value is -0.540. The standard InChI is InChI=1S/C16H23BrN2/c17-15-11-14(4-3-13(15)12-18)19-9-7-16(8-10-19)5-1-2-6-16/h3-4,11H,1-2,5-10,12,18H2. The third-order valence-electron chi connectivity index (χ3n) is 5.11. The van der Waals surface area contributed by atoms with E-state index in [1.165, 1.54) is 62.9 Å². The number of halogens is 1. The molecule has 2 aliphatic rings. The van der Waals surface area contributed by atoms with Crippen molar-refractivity contribution in [3.63, 3.8) is 0 Å². The van der Waals surface area contributed by atoms with Crippen molar-refractivity contribution in [2.45, 2.75) is 45.1 Å². The van der Waals surface area contributed by atoms with Crippen LogP contribution in [0, 0.1) is 5.41 Å². The lowest BCUT2D eigenvalue weighted by atomic mass is 9.77. The third-order valence-corrected chi connectivity index (χ3v) is 5.85. The number of rotatable bonds is 2. The molecule has 0 radical (unpaired) electrons. The zero-order valence-corrected chi connectivity index (χ0v) is 13.1. The molecule has 1 aliphatic carbocycles. The van der Waals surface area contributed by atoms with E-state index in [1.54, 1.807) is 0 Å². The van der Waals surface area contributed by atoms with E-state index in [1.807, 2.05) is 0 Å². The lowest BCUT2D eigenvalue weighted by molar-refractivity contribution is 0.226. The van der Waals surface area contributed by atoms with E-state index in [2.05, 4.69) is 39.0 Å². The third kappa shape index (κ3) is 2.68. The molecule has 1 aromatic carbocycles. The van der Waals surface area contributed by atoms with Crippen LogP contribution in [-0.4, -0.2) is 13.1 Å². The Labute approximate surface area is 124 Å². The molecule has 1 saturated carbocycles. The fraction of sp³-hybridized carbons (Fsp3) is 0.625. The summed E-state index contributed by atoms with van der Waals surface area (Å²) in [6.07, 6.45) is 8.60. The summed E-state index contributed by atoms with van der Waals surface area (Å²) < 4.78 is 1.15. The topological polar surface area (TPSA) is 29.3 Å². The first-order valence-electron chi connectivity index (χ1n) is 7.46. The van der Waals surface area contributed by atoms with Gasteiger partial charge in [0.05, 0.1) is 0 Å². The fourth-order valence-electron chi connectivity index (χ4n) is 3.76. The van der Waals surface area contributed by atoms with Crippen LogP contribution in [0.3, 0.4) is 0 Å². The summed E-state index contributed by atoms with van der Waals surface area (Å²) in [5.41, 5.74) is 8.95. The molecule has 3 heteroatoms. The summed E-state index contributed by atoms with van der Waals surface area (Å²) in [6.45, 7) is 3.03. The number of nitrogens with two attached hydrogens (primary N) is 1. The van der Waals surface area contributed by atoms with Gasteiger partial charge in [-0.2, -0.15) is 0 Å². The van der Waals surface area contributed by atoms with Crippen LogP contribution in [0.25, 0.3) is 0 Å². The molecule has 0 amide bonds. The van der Waals surface area contributed by atoms with Crippen molar-refractivity contribution in [3.05, 3.63) is 28.2 Å². The molecule has 3 rings (SSSR count). The van der Waals surface area contributed by atoms with Crippen LogP contribution in [0.2, 0.25) is 0 Å². The molecule has 2 nitrogen and oxygen atoms in total. The summed E-state index contributed by atoms with van der Waals surface area (Å²) in [4.78, 5) is 2.54. The van der Waals surface area contributed by atoms with Gasteiger partial charge in [0.1, 0.15) is 0 Å². The minimum Gasteiger partial charge on any atom is -0.371 e. The molecule has 0 unspecified atom stereocenters. The Kier molecular flexibility index (Phi) is 3.86. The molecule has 104 valence electrons. The smallest absolute Gasteiger partial charge is 0.0377 e. The highest BCUT2D eigenvalue weighted by Gasteiger charge is 2.36. The van der Waals surface area contributed by atoms with Gasteiger partial charge >= 0.3 is 0 Å². The van der Waals surface area contributed by atoms with Crippen LogP contribution in [0.1, 0.15) is 44.1 Å². The number of benzene rings is 1. The van der Waals surface area contributed by atoms with Crippen molar-refractivity contribution in [1.29, 1.82) is 0 Å². The number of anilines is 1. The SMILES string of the molecule is NCc1ccc(N2CCC3(CCCC3)CC2)cc1Br. The maximum Gasteiger partial charge on any atom is 0.0377 e. The van der Waals surface area contributed by atoms with Crippen molar-refractivity contribution < 1.29 is 0 Å². The van der Waals surface area contributed by atoms with Crippen LogP contribution in [0.4, 0.5) is 5.69 Å². The van der Waals surface area contributed by atoms with Crippen LogP contribution in [0.5, 0.6) is 0 Å². The highest BCUT2D eigenvalue weighted by atomic mass is 79.9. The quantitative estimate of drug-likeness (QED) is 0.889. The van der Waals surface area contributed by atoms with Crippen LogP contribution in [-0.2, 0) is 6.54 Å². The van der Waals surface area contributed by atoms with Crippen molar-refractivity contribution in [1.82, 2.24) is 0 Å². The van der Waals surface area contributed by atoms with E-state index >= 15 is 0 Å². The molecular formula is C16H23BrN2. The van der Waals surface area contributed by atoms with E-state index in [4.69, 9.17) is 5.73 Å². The summed E-state index contributed by atoms with van der Waals surface area (Å²) >= 11 is 3.63. The number of hydrogen-bond acceptors (Lipinski definition) is 2. The number of nitrogens with zero attached hydrogens (tertiary/aromatic N) is 1. The van der Waals surface area contributed by atoms with Crippen LogP contribution < -0.4 is 10.6 Å². The Morgan fingerprint density at radius 3 is 2.37 bits per heavy atom. The monoisotopic (exact) mass is 322 g/mol. The minimum absolute atomic E-state index is 0.601. The second-order valence-corrected chi connectivity index (χ2v) is 7.03. The molecular weight excluding hydrogens is 300 g/mol. The maximum atomic E-state index is 5.71. The summed E-state index contributed by atoms with van der Waals surface area (Å²) in [7, 11) is 0. The predicted octanol–water partition coefficient (Wildman–Crippen LogP) is 4.07. The number of hydrogen-bond donors (Lipinski definition) is 1. The summed E-state index contributed by atoms with van der Waals surface area (Å²) in [6, 6.07) is 6.60. The van der Waals surface area contributed by atoms with E-state index in [0.717, 1.165) is 4.47 Å². The zero-order chi connectivity index (χ0) is 13.3.